The zero-order chi connectivity index (χ0) is 22.5. The van der Waals surface area contributed by atoms with Gasteiger partial charge < -0.3 is 14.4 Å². The summed E-state index contributed by atoms with van der Waals surface area (Å²) >= 11 is 3.84. The van der Waals surface area contributed by atoms with E-state index in [1.165, 1.54) is 22.4 Å². The number of allylic oxidation sites excluding steroid dienone is 2. The van der Waals surface area contributed by atoms with Gasteiger partial charge >= 0.3 is 0 Å². The monoisotopic (exact) mass is 501 g/mol. The highest BCUT2D eigenvalue weighted by Crippen LogP contribution is 2.55. The molecule has 0 radical (unpaired) electrons. The smallest absolute Gasteiger partial charge is 0.231 e. The maximum absolute atomic E-state index is 12.2. The fourth-order valence-electron chi connectivity index (χ4n) is 5.54. The van der Waals surface area contributed by atoms with Gasteiger partial charge in [-0.3, -0.25) is 4.79 Å². The molecule has 3 atom stereocenters. The topological polar surface area (TPSA) is 38.8 Å². The Morgan fingerprint density at radius 3 is 2.61 bits per heavy atom. The van der Waals surface area contributed by atoms with Gasteiger partial charge in [-0.25, -0.2) is 0 Å². The Kier molecular flexibility index (Phi) is 5.02. The highest BCUT2D eigenvalue weighted by Gasteiger charge is 2.43. The molecule has 0 N–H and O–H groups in total. The molecule has 3 aliphatic rings. The summed E-state index contributed by atoms with van der Waals surface area (Å²) in [5.74, 6) is 2.32. The largest absolute Gasteiger partial charge is 0.454 e. The van der Waals surface area contributed by atoms with Crippen molar-refractivity contribution in [3.05, 3.63) is 99.5 Å². The summed E-state index contributed by atoms with van der Waals surface area (Å²) in [5, 5.41) is 0. The van der Waals surface area contributed by atoms with Gasteiger partial charge in [0.05, 0.1) is 6.04 Å². The average molecular weight is 502 g/mol. The van der Waals surface area contributed by atoms with Gasteiger partial charge in [0.1, 0.15) is 0 Å². The van der Waals surface area contributed by atoms with E-state index >= 15 is 0 Å². The van der Waals surface area contributed by atoms with Gasteiger partial charge in [-0.1, -0.05) is 58.4 Å². The number of ether oxygens (including phenoxy) is 2. The van der Waals surface area contributed by atoms with E-state index in [0.29, 0.717) is 5.92 Å². The van der Waals surface area contributed by atoms with E-state index in [1.54, 1.807) is 6.92 Å². The fraction of sp³-hybridized carbons (Fsp3) is 0.250. The first-order chi connectivity index (χ1) is 16.1. The van der Waals surface area contributed by atoms with Crippen molar-refractivity contribution in [3.8, 4) is 11.5 Å². The predicted octanol–water partition coefficient (Wildman–Crippen LogP) is 6.80. The summed E-state index contributed by atoms with van der Waals surface area (Å²) < 4.78 is 12.4. The molecule has 2 heterocycles. The molecule has 4 nitrogen and oxygen atoms in total. The van der Waals surface area contributed by atoms with Crippen LogP contribution in [0.25, 0.3) is 0 Å². The summed E-state index contributed by atoms with van der Waals surface area (Å²) in [6, 6.07) is 21.1. The SMILES string of the molecule is CC(=O)c1ccc2c(c1)C1C=CCC1C(c1cc3c(cc1Br)OCO3)N2Cc1ccccc1. The Morgan fingerprint density at radius 2 is 1.82 bits per heavy atom. The van der Waals surface area contributed by atoms with Crippen LogP contribution in [0.2, 0.25) is 0 Å². The number of benzene rings is 3. The quantitative estimate of drug-likeness (QED) is 0.291. The van der Waals surface area contributed by atoms with E-state index < -0.39 is 0 Å². The van der Waals surface area contributed by atoms with Crippen molar-refractivity contribution in [3.63, 3.8) is 0 Å². The maximum Gasteiger partial charge on any atom is 0.231 e. The second-order valence-corrected chi connectivity index (χ2v) is 9.82. The van der Waals surface area contributed by atoms with Crippen molar-refractivity contribution in [1.82, 2.24) is 0 Å². The number of rotatable bonds is 4. The van der Waals surface area contributed by atoms with E-state index in [4.69, 9.17) is 9.47 Å². The first-order valence-electron chi connectivity index (χ1n) is 11.3. The van der Waals surface area contributed by atoms with Crippen LogP contribution in [0.3, 0.4) is 0 Å². The Bertz CT molecular complexity index is 1270. The van der Waals surface area contributed by atoms with Crippen molar-refractivity contribution in [2.45, 2.75) is 31.8 Å². The van der Waals surface area contributed by atoms with Crippen LogP contribution in [-0.4, -0.2) is 12.6 Å². The first kappa shape index (κ1) is 20.5. The summed E-state index contributed by atoms with van der Waals surface area (Å²) in [7, 11) is 0. The Morgan fingerprint density at radius 1 is 1.03 bits per heavy atom. The number of halogens is 1. The molecular weight excluding hydrogens is 478 g/mol. The minimum absolute atomic E-state index is 0.103. The van der Waals surface area contributed by atoms with Crippen LogP contribution in [-0.2, 0) is 6.54 Å². The van der Waals surface area contributed by atoms with Crippen molar-refractivity contribution < 1.29 is 14.3 Å². The fourth-order valence-corrected chi connectivity index (χ4v) is 6.09. The van der Waals surface area contributed by atoms with Crippen LogP contribution in [0.5, 0.6) is 11.5 Å². The molecule has 0 amide bonds. The minimum atomic E-state index is 0.103. The molecule has 33 heavy (non-hydrogen) atoms. The molecule has 0 spiro atoms. The van der Waals surface area contributed by atoms with Crippen molar-refractivity contribution >= 4 is 27.4 Å². The van der Waals surface area contributed by atoms with Crippen molar-refractivity contribution in [2.75, 3.05) is 11.7 Å². The minimum Gasteiger partial charge on any atom is -0.454 e. The Hall–Kier alpha value is -3.05. The lowest BCUT2D eigenvalue weighted by molar-refractivity contribution is 0.101. The number of anilines is 1. The Balaban J connectivity index is 1.53. The van der Waals surface area contributed by atoms with Gasteiger partial charge in [-0.2, -0.15) is 0 Å². The zero-order valence-corrected chi connectivity index (χ0v) is 19.9. The lowest BCUT2D eigenvalue weighted by atomic mass is 9.75. The molecule has 2 aliphatic heterocycles. The van der Waals surface area contributed by atoms with E-state index in [0.717, 1.165) is 34.5 Å². The summed E-state index contributed by atoms with van der Waals surface area (Å²) in [6.07, 6.45) is 5.60. The number of carbonyl (C=O) groups is 1. The zero-order valence-electron chi connectivity index (χ0n) is 18.3. The van der Waals surface area contributed by atoms with Gasteiger partial charge in [-0.05, 0) is 66.3 Å². The number of fused-ring (bicyclic) bond motifs is 4. The number of hydrogen-bond donors (Lipinski definition) is 0. The van der Waals surface area contributed by atoms with Gasteiger partial charge in [0.2, 0.25) is 6.79 Å². The number of hydrogen-bond acceptors (Lipinski definition) is 4. The predicted molar refractivity (Wildman–Crippen MR) is 132 cm³/mol. The lowest BCUT2D eigenvalue weighted by Crippen LogP contribution is -2.39. The Labute approximate surface area is 202 Å². The van der Waals surface area contributed by atoms with Crippen LogP contribution in [0.1, 0.15) is 52.4 Å². The van der Waals surface area contributed by atoms with Crippen molar-refractivity contribution in [1.29, 1.82) is 0 Å². The molecular formula is C28H24BrNO3. The van der Waals surface area contributed by atoms with E-state index in [2.05, 4.69) is 81.5 Å². The standard InChI is InChI=1S/C28H24BrNO3/c1-17(31)19-10-11-25-22(12-19)20-8-5-9-21(20)28(30(25)15-18-6-3-2-4-7-18)23-13-26-27(14-24(23)29)33-16-32-26/h2-8,10-14,20-21,28H,9,15-16H2,1H3. The van der Waals surface area contributed by atoms with E-state index in [1.807, 2.05) is 12.1 Å². The second-order valence-electron chi connectivity index (χ2n) is 8.97. The van der Waals surface area contributed by atoms with Gasteiger partial charge in [-0.15, -0.1) is 0 Å². The van der Waals surface area contributed by atoms with Crippen LogP contribution >= 0.6 is 15.9 Å². The molecule has 166 valence electrons. The lowest BCUT2D eigenvalue weighted by Gasteiger charge is -2.46. The van der Waals surface area contributed by atoms with Gasteiger partial charge in [0, 0.05) is 28.2 Å². The van der Waals surface area contributed by atoms with Crippen LogP contribution in [0, 0.1) is 5.92 Å². The number of nitrogens with zero attached hydrogens (tertiary/aromatic N) is 1. The molecule has 1 aliphatic carbocycles. The number of Topliss-reactive ketones (excluding diaryl/α,β-unsaturated/α-hetero) is 1. The van der Waals surface area contributed by atoms with Crippen LogP contribution < -0.4 is 14.4 Å². The summed E-state index contributed by atoms with van der Waals surface area (Å²) in [4.78, 5) is 14.7. The first-order valence-corrected chi connectivity index (χ1v) is 12.1. The highest BCUT2D eigenvalue weighted by atomic mass is 79.9. The third-order valence-corrected chi connectivity index (χ3v) is 7.75. The van der Waals surface area contributed by atoms with Crippen LogP contribution in [0.4, 0.5) is 5.69 Å². The molecule has 0 aromatic heterocycles. The van der Waals surface area contributed by atoms with Gasteiger partial charge in [0.25, 0.3) is 0 Å². The molecule has 5 heteroatoms. The summed E-state index contributed by atoms with van der Waals surface area (Å²) in [5.41, 5.74) is 5.66. The van der Waals surface area contributed by atoms with E-state index in [9.17, 15) is 4.79 Å². The molecule has 3 aromatic rings. The van der Waals surface area contributed by atoms with Crippen LogP contribution in [0.15, 0.2) is 77.3 Å². The molecule has 3 aromatic carbocycles. The highest BCUT2D eigenvalue weighted by molar-refractivity contribution is 9.10. The average Bonchev–Trinajstić information content (AvgIpc) is 3.49. The van der Waals surface area contributed by atoms with Crippen molar-refractivity contribution in [2.24, 2.45) is 5.92 Å². The van der Waals surface area contributed by atoms with E-state index in [-0.39, 0.29) is 24.5 Å². The third kappa shape index (κ3) is 3.46. The molecule has 0 fully saturated rings. The third-order valence-electron chi connectivity index (χ3n) is 7.06. The molecule has 3 unspecified atom stereocenters. The second kappa shape index (κ2) is 8.07. The molecule has 6 rings (SSSR count). The normalized spacial score (nSPS) is 22.2. The number of carbonyl (C=O) groups excluding carboxylic acids is 1. The molecule has 0 saturated carbocycles. The van der Waals surface area contributed by atoms with Gasteiger partial charge in [0.15, 0.2) is 17.3 Å². The summed E-state index contributed by atoms with van der Waals surface area (Å²) in [6.45, 7) is 2.68. The molecule has 0 saturated heterocycles. The number of ketones is 1. The molecule has 0 bridgehead atoms. The maximum atomic E-state index is 12.2.